The van der Waals surface area contributed by atoms with Crippen LogP contribution in [0.3, 0.4) is 0 Å². The molecule has 6 heteroatoms. The number of halogens is 1. The van der Waals surface area contributed by atoms with Crippen LogP contribution in [-0.2, 0) is 16.1 Å². The first-order chi connectivity index (χ1) is 13.6. The van der Waals surface area contributed by atoms with Crippen LogP contribution in [0, 0.1) is 5.82 Å². The molecule has 0 saturated carbocycles. The smallest absolute Gasteiger partial charge is 0.296 e. The summed E-state index contributed by atoms with van der Waals surface area (Å²) in [6.07, 6.45) is 1.47. The van der Waals surface area contributed by atoms with Gasteiger partial charge >= 0.3 is 0 Å². The number of furan rings is 1. The Hall–Kier alpha value is -3.67. The molecule has 0 bridgehead atoms. The Labute approximate surface area is 160 Å². The maximum atomic E-state index is 13.4. The van der Waals surface area contributed by atoms with Crippen molar-refractivity contribution in [3.63, 3.8) is 0 Å². The van der Waals surface area contributed by atoms with E-state index < -0.39 is 23.5 Å². The average Bonchev–Trinajstić information content (AvgIpc) is 3.31. The van der Waals surface area contributed by atoms with Crippen molar-refractivity contribution in [1.82, 2.24) is 4.90 Å². The fourth-order valence-electron chi connectivity index (χ4n) is 3.36. The number of hydrogen-bond donors (Lipinski definition) is 1. The zero-order valence-corrected chi connectivity index (χ0v) is 14.7. The molecule has 2 aromatic carbocycles. The van der Waals surface area contributed by atoms with Gasteiger partial charge in [0.1, 0.15) is 17.3 Å². The van der Waals surface area contributed by atoms with Gasteiger partial charge < -0.3 is 14.4 Å². The predicted octanol–water partition coefficient (Wildman–Crippen LogP) is 4.04. The van der Waals surface area contributed by atoms with Crippen molar-refractivity contribution in [2.45, 2.75) is 12.6 Å². The van der Waals surface area contributed by atoms with Gasteiger partial charge in [-0.05, 0) is 29.8 Å². The van der Waals surface area contributed by atoms with Crippen LogP contribution in [0.5, 0.6) is 0 Å². The van der Waals surface area contributed by atoms with Crippen LogP contribution in [0.2, 0.25) is 0 Å². The molecule has 1 amide bonds. The van der Waals surface area contributed by atoms with E-state index in [-0.39, 0.29) is 17.9 Å². The van der Waals surface area contributed by atoms with Gasteiger partial charge in [0.05, 0.1) is 24.4 Å². The number of benzene rings is 2. The quantitative estimate of drug-likeness (QED) is 0.423. The summed E-state index contributed by atoms with van der Waals surface area (Å²) in [4.78, 5) is 26.9. The molecule has 0 unspecified atom stereocenters. The number of rotatable bonds is 4. The van der Waals surface area contributed by atoms with E-state index in [1.807, 2.05) is 0 Å². The summed E-state index contributed by atoms with van der Waals surface area (Å²) in [6.45, 7) is 0.0468. The Morgan fingerprint density at radius 1 is 1.00 bits per heavy atom. The number of hydrogen-bond acceptors (Lipinski definition) is 4. The second kappa shape index (κ2) is 7.15. The summed E-state index contributed by atoms with van der Waals surface area (Å²) in [7, 11) is 0. The Morgan fingerprint density at radius 3 is 2.36 bits per heavy atom. The highest BCUT2D eigenvalue weighted by atomic mass is 19.1. The van der Waals surface area contributed by atoms with Gasteiger partial charge in [-0.25, -0.2) is 4.39 Å². The number of Topliss-reactive ketones (excluding diaryl/α,β-unsaturated/α-hetero) is 1. The van der Waals surface area contributed by atoms with Crippen LogP contribution in [0.4, 0.5) is 4.39 Å². The Balaban J connectivity index is 1.86. The lowest BCUT2D eigenvalue weighted by Gasteiger charge is -2.24. The normalized spacial score (nSPS) is 18.6. The zero-order chi connectivity index (χ0) is 19.7. The third kappa shape index (κ3) is 3.09. The first kappa shape index (κ1) is 17.7. The van der Waals surface area contributed by atoms with Gasteiger partial charge in [-0.2, -0.15) is 0 Å². The van der Waals surface area contributed by atoms with Gasteiger partial charge in [0.25, 0.3) is 11.7 Å². The highest BCUT2D eigenvalue weighted by molar-refractivity contribution is 6.46. The molecule has 1 aliphatic rings. The summed E-state index contributed by atoms with van der Waals surface area (Å²) in [5, 5.41) is 10.8. The highest BCUT2D eigenvalue weighted by Crippen LogP contribution is 2.40. The summed E-state index contributed by atoms with van der Waals surface area (Å²) in [5.41, 5.74) is 0.907. The van der Waals surface area contributed by atoms with Gasteiger partial charge in [-0.15, -0.1) is 0 Å². The third-order valence-electron chi connectivity index (χ3n) is 4.68. The molecule has 4 rings (SSSR count). The van der Waals surface area contributed by atoms with Gasteiger partial charge in [0.15, 0.2) is 0 Å². The molecular formula is C22H16FNO4. The SMILES string of the molecule is O=C1C(=O)N(Cc2ccco2)[C@H](c2ccc(F)cc2)C1=C(O)c1ccccc1. The minimum Gasteiger partial charge on any atom is -0.507 e. The fraction of sp³-hybridized carbons (Fsp3) is 0.0909. The van der Waals surface area contributed by atoms with Crippen molar-refractivity contribution in [1.29, 1.82) is 0 Å². The molecular weight excluding hydrogens is 361 g/mol. The lowest BCUT2D eigenvalue weighted by molar-refractivity contribution is -0.140. The Morgan fingerprint density at radius 2 is 1.71 bits per heavy atom. The molecule has 1 aliphatic heterocycles. The molecule has 1 saturated heterocycles. The van der Waals surface area contributed by atoms with E-state index in [1.165, 1.54) is 35.4 Å². The zero-order valence-electron chi connectivity index (χ0n) is 14.7. The van der Waals surface area contributed by atoms with E-state index in [2.05, 4.69) is 0 Å². The maximum absolute atomic E-state index is 13.4. The van der Waals surface area contributed by atoms with Crippen molar-refractivity contribution < 1.29 is 23.5 Å². The number of carbonyl (C=O) groups is 2. The van der Waals surface area contributed by atoms with Crippen LogP contribution >= 0.6 is 0 Å². The van der Waals surface area contributed by atoms with Gasteiger partial charge in [0.2, 0.25) is 0 Å². The first-order valence-electron chi connectivity index (χ1n) is 8.68. The van der Waals surface area contributed by atoms with Gasteiger partial charge in [-0.3, -0.25) is 9.59 Å². The standard InChI is InChI=1S/C22H16FNO4/c23-16-10-8-14(9-11-16)19-18(20(25)15-5-2-1-3-6-15)21(26)22(27)24(19)13-17-7-4-12-28-17/h1-12,19,25H,13H2/t19-/m1/s1. The molecule has 0 aliphatic carbocycles. The van der Waals surface area contributed by atoms with Gasteiger partial charge in [-0.1, -0.05) is 42.5 Å². The summed E-state index contributed by atoms with van der Waals surface area (Å²) < 4.78 is 18.7. The molecule has 1 N–H and O–H groups in total. The van der Waals surface area contributed by atoms with Crippen molar-refractivity contribution in [2.75, 3.05) is 0 Å². The van der Waals surface area contributed by atoms with E-state index in [0.717, 1.165) is 0 Å². The van der Waals surface area contributed by atoms with Crippen molar-refractivity contribution in [3.8, 4) is 0 Å². The van der Waals surface area contributed by atoms with Crippen LogP contribution in [0.1, 0.15) is 22.9 Å². The molecule has 0 radical (unpaired) electrons. The van der Waals surface area contributed by atoms with Crippen molar-refractivity contribution in [3.05, 3.63) is 101 Å². The number of nitrogens with zero attached hydrogens (tertiary/aromatic N) is 1. The number of aliphatic hydroxyl groups is 1. The topological polar surface area (TPSA) is 70.8 Å². The minimum absolute atomic E-state index is 0.0330. The molecule has 28 heavy (non-hydrogen) atoms. The van der Waals surface area contributed by atoms with Crippen LogP contribution in [-0.4, -0.2) is 21.7 Å². The third-order valence-corrected chi connectivity index (χ3v) is 4.68. The first-order valence-corrected chi connectivity index (χ1v) is 8.68. The monoisotopic (exact) mass is 377 g/mol. The molecule has 2 heterocycles. The van der Waals surface area contributed by atoms with E-state index in [4.69, 9.17) is 4.42 Å². The van der Waals surface area contributed by atoms with E-state index >= 15 is 0 Å². The van der Waals surface area contributed by atoms with Crippen LogP contribution in [0.15, 0.2) is 83.0 Å². The summed E-state index contributed by atoms with van der Waals surface area (Å²) >= 11 is 0. The van der Waals surface area contributed by atoms with Crippen LogP contribution < -0.4 is 0 Å². The number of aliphatic hydroxyl groups excluding tert-OH is 1. The van der Waals surface area contributed by atoms with Crippen LogP contribution in [0.25, 0.3) is 5.76 Å². The molecule has 3 aromatic rings. The largest absolute Gasteiger partial charge is 0.507 e. The number of likely N-dealkylation sites (tertiary alicyclic amines) is 1. The van der Waals surface area contributed by atoms with Crippen molar-refractivity contribution >= 4 is 17.4 Å². The molecule has 1 atom stereocenters. The second-order valence-corrected chi connectivity index (χ2v) is 6.42. The molecule has 1 fully saturated rings. The highest BCUT2D eigenvalue weighted by Gasteiger charge is 2.46. The number of amides is 1. The Bertz CT molecular complexity index is 1040. The lowest BCUT2D eigenvalue weighted by Crippen LogP contribution is -2.29. The summed E-state index contributed by atoms with van der Waals surface area (Å²) in [5.74, 6) is -1.75. The van der Waals surface area contributed by atoms with E-state index in [9.17, 15) is 19.1 Å². The van der Waals surface area contributed by atoms with E-state index in [0.29, 0.717) is 16.9 Å². The lowest BCUT2D eigenvalue weighted by atomic mass is 9.95. The predicted molar refractivity (Wildman–Crippen MR) is 99.4 cm³/mol. The van der Waals surface area contributed by atoms with E-state index in [1.54, 1.807) is 42.5 Å². The average molecular weight is 377 g/mol. The fourth-order valence-corrected chi connectivity index (χ4v) is 3.36. The second-order valence-electron chi connectivity index (χ2n) is 6.42. The molecule has 1 aromatic heterocycles. The van der Waals surface area contributed by atoms with Crippen molar-refractivity contribution in [2.24, 2.45) is 0 Å². The summed E-state index contributed by atoms with van der Waals surface area (Å²) in [6, 6.07) is 16.6. The van der Waals surface area contributed by atoms with Gasteiger partial charge in [0, 0.05) is 5.56 Å². The Kier molecular flexibility index (Phi) is 4.53. The number of ketones is 1. The minimum atomic E-state index is -0.856. The maximum Gasteiger partial charge on any atom is 0.296 e. The molecule has 140 valence electrons. The number of carbonyl (C=O) groups excluding carboxylic acids is 2. The molecule has 5 nitrogen and oxygen atoms in total. The molecule has 0 spiro atoms.